The molecule has 0 radical (unpaired) electrons. The summed E-state index contributed by atoms with van der Waals surface area (Å²) in [6.45, 7) is 10.5. The van der Waals surface area contributed by atoms with Crippen molar-refractivity contribution in [1.82, 2.24) is 0 Å². The minimum atomic E-state index is 0.0393. The van der Waals surface area contributed by atoms with E-state index in [9.17, 15) is 0 Å². The van der Waals surface area contributed by atoms with E-state index in [4.69, 9.17) is 19.9 Å². The molecular formula is C21H29NO3. The number of rotatable bonds is 8. The minimum Gasteiger partial charge on any atom is -0.490 e. The van der Waals surface area contributed by atoms with E-state index < -0.39 is 0 Å². The maximum atomic E-state index is 5.94. The SMILES string of the molecule is CCOc1cc(CN)ccc1OCCOc1ccccc1C(C)(C)C. The molecule has 0 saturated carbocycles. The van der Waals surface area contributed by atoms with Crippen LogP contribution in [0.15, 0.2) is 42.5 Å². The molecule has 0 amide bonds. The second-order valence-corrected chi connectivity index (χ2v) is 6.86. The fourth-order valence-corrected chi connectivity index (χ4v) is 2.58. The summed E-state index contributed by atoms with van der Waals surface area (Å²) in [5.41, 5.74) is 7.93. The fraction of sp³-hybridized carbons (Fsp3) is 0.429. The Hall–Kier alpha value is -2.20. The summed E-state index contributed by atoms with van der Waals surface area (Å²) in [5, 5.41) is 0. The molecule has 25 heavy (non-hydrogen) atoms. The van der Waals surface area contributed by atoms with Gasteiger partial charge in [0.2, 0.25) is 0 Å². The molecule has 0 heterocycles. The van der Waals surface area contributed by atoms with Crippen molar-refractivity contribution < 1.29 is 14.2 Å². The summed E-state index contributed by atoms with van der Waals surface area (Å²) in [6.07, 6.45) is 0. The van der Waals surface area contributed by atoms with Gasteiger partial charge in [0.25, 0.3) is 0 Å². The van der Waals surface area contributed by atoms with Gasteiger partial charge in [-0.15, -0.1) is 0 Å². The molecule has 2 aromatic rings. The van der Waals surface area contributed by atoms with Crippen LogP contribution in [0.4, 0.5) is 0 Å². The van der Waals surface area contributed by atoms with Crippen molar-refractivity contribution in [2.24, 2.45) is 5.73 Å². The van der Waals surface area contributed by atoms with Crippen molar-refractivity contribution in [3.8, 4) is 17.2 Å². The molecule has 2 N–H and O–H groups in total. The summed E-state index contributed by atoms with van der Waals surface area (Å²) in [6, 6.07) is 13.9. The van der Waals surface area contributed by atoms with Crippen LogP contribution in [0.25, 0.3) is 0 Å². The Kier molecular flexibility index (Phi) is 6.71. The van der Waals surface area contributed by atoms with Crippen LogP contribution in [-0.4, -0.2) is 19.8 Å². The smallest absolute Gasteiger partial charge is 0.161 e. The standard InChI is InChI=1S/C21H29NO3/c1-5-23-20-14-16(15-22)10-11-19(20)25-13-12-24-18-9-7-6-8-17(18)21(2,3)4/h6-11,14H,5,12-13,15,22H2,1-4H3. The molecule has 0 fully saturated rings. The van der Waals surface area contributed by atoms with Crippen LogP contribution < -0.4 is 19.9 Å². The molecule has 0 aromatic heterocycles. The lowest BCUT2D eigenvalue weighted by Crippen LogP contribution is -2.16. The molecule has 2 rings (SSSR count). The Labute approximate surface area is 150 Å². The molecule has 0 atom stereocenters. The average molecular weight is 343 g/mol. The molecule has 2 aromatic carbocycles. The Morgan fingerprint density at radius 1 is 0.840 bits per heavy atom. The van der Waals surface area contributed by atoms with Crippen molar-refractivity contribution in [1.29, 1.82) is 0 Å². The highest BCUT2D eigenvalue weighted by Gasteiger charge is 2.18. The molecular weight excluding hydrogens is 314 g/mol. The summed E-state index contributed by atoms with van der Waals surface area (Å²) in [5.74, 6) is 2.34. The highest BCUT2D eigenvalue weighted by atomic mass is 16.5. The molecule has 0 unspecified atom stereocenters. The quantitative estimate of drug-likeness (QED) is 0.726. The third-order valence-electron chi connectivity index (χ3n) is 3.84. The average Bonchev–Trinajstić information content (AvgIpc) is 2.59. The Morgan fingerprint density at radius 3 is 2.16 bits per heavy atom. The topological polar surface area (TPSA) is 53.7 Å². The van der Waals surface area contributed by atoms with Gasteiger partial charge in [-0.25, -0.2) is 0 Å². The van der Waals surface area contributed by atoms with Gasteiger partial charge in [-0.3, -0.25) is 0 Å². The van der Waals surface area contributed by atoms with Crippen LogP contribution >= 0.6 is 0 Å². The number of hydrogen-bond acceptors (Lipinski definition) is 4. The van der Waals surface area contributed by atoms with E-state index in [0.717, 1.165) is 17.1 Å². The Morgan fingerprint density at radius 2 is 1.52 bits per heavy atom. The van der Waals surface area contributed by atoms with Crippen LogP contribution in [-0.2, 0) is 12.0 Å². The molecule has 0 saturated heterocycles. The molecule has 0 aliphatic heterocycles. The van der Waals surface area contributed by atoms with Crippen LogP contribution in [0.2, 0.25) is 0 Å². The largest absolute Gasteiger partial charge is 0.490 e. The van der Waals surface area contributed by atoms with Crippen molar-refractivity contribution in [2.45, 2.75) is 39.7 Å². The van der Waals surface area contributed by atoms with Crippen LogP contribution in [0, 0.1) is 0 Å². The van der Waals surface area contributed by atoms with Crippen molar-refractivity contribution in [2.75, 3.05) is 19.8 Å². The van der Waals surface area contributed by atoms with Crippen molar-refractivity contribution in [3.05, 3.63) is 53.6 Å². The lowest BCUT2D eigenvalue weighted by atomic mass is 9.86. The zero-order chi connectivity index (χ0) is 18.3. The van der Waals surface area contributed by atoms with Gasteiger partial charge in [0, 0.05) is 6.54 Å². The van der Waals surface area contributed by atoms with E-state index in [-0.39, 0.29) is 5.41 Å². The molecule has 136 valence electrons. The van der Waals surface area contributed by atoms with Gasteiger partial charge in [0.1, 0.15) is 19.0 Å². The normalized spacial score (nSPS) is 11.2. The lowest BCUT2D eigenvalue weighted by Gasteiger charge is -2.22. The van der Waals surface area contributed by atoms with E-state index >= 15 is 0 Å². The zero-order valence-electron chi connectivity index (χ0n) is 15.7. The van der Waals surface area contributed by atoms with E-state index in [1.54, 1.807) is 0 Å². The summed E-state index contributed by atoms with van der Waals surface area (Å²) in [7, 11) is 0. The number of benzene rings is 2. The molecule has 0 aliphatic carbocycles. The van der Waals surface area contributed by atoms with Gasteiger partial charge < -0.3 is 19.9 Å². The van der Waals surface area contributed by atoms with Crippen molar-refractivity contribution >= 4 is 0 Å². The van der Waals surface area contributed by atoms with E-state index in [1.807, 2.05) is 43.3 Å². The van der Waals surface area contributed by atoms with Gasteiger partial charge in [-0.05, 0) is 41.7 Å². The molecule has 0 bridgehead atoms. The first-order valence-electron chi connectivity index (χ1n) is 8.76. The van der Waals surface area contributed by atoms with E-state index in [2.05, 4.69) is 26.8 Å². The zero-order valence-corrected chi connectivity index (χ0v) is 15.7. The molecule has 4 heteroatoms. The van der Waals surface area contributed by atoms with E-state index in [0.29, 0.717) is 32.1 Å². The second-order valence-electron chi connectivity index (χ2n) is 6.86. The Bertz CT molecular complexity index is 677. The first-order chi connectivity index (χ1) is 12.0. The summed E-state index contributed by atoms with van der Waals surface area (Å²) >= 11 is 0. The van der Waals surface area contributed by atoms with Crippen LogP contribution in [0.1, 0.15) is 38.8 Å². The first-order valence-corrected chi connectivity index (χ1v) is 8.76. The second kappa shape index (κ2) is 8.77. The molecule has 0 spiro atoms. The highest BCUT2D eigenvalue weighted by molar-refractivity contribution is 5.43. The maximum absolute atomic E-state index is 5.94. The lowest BCUT2D eigenvalue weighted by molar-refractivity contribution is 0.206. The summed E-state index contributed by atoms with van der Waals surface area (Å²) < 4.78 is 17.4. The van der Waals surface area contributed by atoms with Gasteiger partial charge in [0.15, 0.2) is 11.5 Å². The van der Waals surface area contributed by atoms with E-state index in [1.165, 1.54) is 5.56 Å². The monoisotopic (exact) mass is 343 g/mol. The maximum Gasteiger partial charge on any atom is 0.161 e. The first kappa shape index (κ1) is 19.1. The fourth-order valence-electron chi connectivity index (χ4n) is 2.58. The number of para-hydroxylation sites is 1. The van der Waals surface area contributed by atoms with Crippen molar-refractivity contribution in [3.63, 3.8) is 0 Å². The number of nitrogens with two attached hydrogens (primary N) is 1. The predicted molar refractivity (Wildman–Crippen MR) is 102 cm³/mol. The third-order valence-corrected chi connectivity index (χ3v) is 3.84. The predicted octanol–water partition coefficient (Wildman–Crippen LogP) is 4.30. The van der Waals surface area contributed by atoms with Gasteiger partial charge in [-0.1, -0.05) is 45.0 Å². The van der Waals surface area contributed by atoms with Gasteiger partial charge in [-0.2, -0.15) is 0 Å². The van der Waals surface area contributed by atoms with Gasteiger partial charge in [0.05, 0.1) is 6.61 Å². The highest BCUT2D eigenvalue weighted by Crippen LogP contribution is 2.31. The van der Waals surface area contributed by atoms with Crippen LogP contribution in [0.3, 0.4) is 0 Å². The molecule has 4 nitrogen and oxygen atoms in total. The third kappa shape index (κ3) is 5.40. The number of hydrogen-bond donors (Lipinski definition) is 1. The minimum absolute atomic E-state index is 0.0393. The van der Waals surface area contributed by atoms with Gasteiger partial charge >= 0.3 is 0 Å². The van der Waals surface area contributed by atoms with Crippen LogP contribution in [0.5, 0.6) is 17.2 Å². The summed E-state index contributed by atoms with van der Waals surface area (Å²) in [4.78, 5) is 0. The number of ether oxygens (including phenoxy) is 3. The molecule has 0 aliphatic rings. The Balaban J connectivity index is 1.96.